The summed E-state index contributed by atoms with van der Waals surface area (Å²) in [5, 5.41) is 9.54. The van der Waals surface area contributed by atoms with E-state index < -0.39 is 12.0 Å². The molecule has 0 aliphatic rings. The first-order valence-electron chi connectivity index (χ1n) is 8.15. The van der Waals surface area contributed by atoms with Crippen molar-refractivity contribution in [3.63, 3.8) is 0 Å². The first-order chi connectivity index (χ1) is 10.9. The van der Waals surface area contributed by atoms with Gasteiger partial charge in [0.15, 0.2) is 5.78 Å². The van der Waals surface area contributed by atoms with Gasteiger partial charge in [-0.05, 0) is 30.5 Å². The predicted molar refractivity (Wildman–Crippen MR) is 89.9 cm³/mol. The molecule has 1 N–H and O–H groups in total. The van der Waals surface area contributed by atoms with E-state index in [4.69, 9.17) is 0 Å². The fraction of sp³-hybridized carbons (Fsp3) is 0.500. The van der Waals surface area contributed by atoms with Gasteiger partial charge < -0.3 is 9.67 Å². The molecule has 1 aromatic heterocycles. The van der Waals surface area contributed by atoms with E-state index >= 15 is 0 Å². The third kappa shape index (κ3) is 3.44. The smallest absolute Gasteiger partial charge is 0.326 e. The molecule has 5 nitrogen and oxygen atoms in total. The molecule has 1 unspecified atom stereocenters. The monoisotopic (exact) mass is 316 g/mol. The molecule has 2 aromatic rings. The highest BCUT2D eigenvalue weighted by Gasteiger charge is 2.24. The minimum atomic E-state index is -0.856. The van der Waals surface area contributed by atoms with E-state index in [1.807, 2.05) is 24.5 Å². The first kappa shape index (κ1) is 17.2. The zero-order chi connectivity index (χ0) is 17.1. The van der Waals surface area contributed by atoms with Crippen molar-refractivity contribution < 1.29 is 14.7 Å². The molecule has 1 aromatic carbocycles. The Bertz CT molecular complexity index is 731. The van der Waals surface area contributed by atoms with E-state index in [0.717, 1.165) is 11.3 Å². The molecule has 0 saturated carbocycles. The molecule has 2 rings (SSSR count). The van der Waals surface area contributed by atoms with Crippen molar-refractivity contribution in [2.24, 2.45) is 5.92 Å². The zero-order valence-electron chi connectivity index (χ0n) is 14.2. The Morgan fingerprint density at radius 3 is 2.48 bits per heavy atom. The topological polar surface area (TPSA) is 72.2 Å². The van der Waals surface area contributed by atoms with Gasteiger partial charge in [0.05, 0.1) is 11.0 Å². The van der Waals surface area contributed by atoms with Gasteiger partial charge in [-0.3, -0.25) is 4.79 Å². The van der Waals surface area contributed by atoms with Crippen molar-refractivity contribution >= 4 is 22.8 Å². The number of aliphatic carboxylic acids is 1. The quantitative estimate of drug-likeness (QED) is 0.787. The van der Waals surface area contributed by atoms with Gasteiger partial charge in [-0.15, -0.1) is 0 Å². The van der Waals surface area contributed by atoms with E-state index in [-0.39, 0.29) is 5.78 Å². The van der Waals surface area contributed by atoms with Gasteiger partial charge >= 0.3 is 5.97 Å². The molecular formula is C18H24N2O3. The van der Waals surface area contributed by atoms with Crippen LogP contribution in [-0.4, -0.2) is 26.4 Å². The molecule has 1 atom stereocenters. The van der Waals surface area contributed by atoms with Crippen LogP contribution in [0.5, 0.6) is 0 Å². The summed E-state index contributed by atoms with van der Waals surface area (Å²) in [6, 6.07) is 4.72. The van der Waals surface area contributed by atoms with E-state index in [1.165, 1.54) is 0 Å². The lowest BCUT2D eigenvalue weighted by Crippen LogP contribution is -2.21. The maximum Gasteiger partial charge on any atom is 0.326 e. The number of nitrogens with zero attached hydrogens (tertiary/aromatic N) is 2. The van der Waals surface area contributed by atoms with Crippen molar-refractivity contribution in [1.82, 2.24) is 9.55 Å². The second kappa shape index (κ2) is 6.94. The van der Waals surface area contributed by atoms with Crippen LogP contribution in [0.2, 0.25) is 0 Å². The second-order valence-corrected chi connectivity index (χ2v) is 6.24. The third-order valence-corrected chi connectivity index (χ3v) is 3.98. The lowest BCUT2D eigenvalue weighted by molar-refractivity contribution is -0.140. The fourth-order valence-electron chi connectivity index (χ4n) is 2.85. The highest BCUT2D eigenvalue weighted by molar-refractivity contribution is 5.99. The van der Waals surface area contributed by atoms with Crippen molar-refractivity contribution in [2.75, 3.05) is 0 Å². The summed E-state index contributed by atoms with van der Waals surface area (Å²) < 4.78 is 1.82. The van der Waals surface area contributed by atoms with Crippen LogP contribution in [-0.2, 0) is 11.2 Å². The molecular weight excluding hydrogens is 292 g/mol. The highest BCUT2D eigenvalue weighted by atomic mass is 16.4. The summed E-state index contributed by atoms with van der Waals surface area (Å²) in [5.41, 5.74) is 2.10. The SMILES string of the molecule is CCC(=O)c1ccc2c(c1)nc(CC(C)C)n2C(CC)C(=O)O. The van der Waals surface area contributed by atoms with Gasteiger partial charge in [-0.1, -0.05) is 27.7 Å². The number of carbonyl (C=O) groups excluding carboxylic acids is 1. The van der Waals surface area contributed by atoms with Gasteiger partial charge in [0.25, 0.3) is 0 Å². The van der Waals surface area contributed by atoms with Gasteiger partial charge in [0, 0.05) is 18.4 Å². The Balaban J connectivity index is 2.65. The number of ketones is 1. The number of Topliss-reactive ketones (excluding diaryl/α,β-unsaturated/α-hetero) is 1. The Hall–Kier alpha value is -2.17. The summed E-state index contributed by atoms with van der Waals surface area (Å²) in [6.45, 7) is 7.85. The molecule has 0 aliphatic heterocycles. The number of carboxylic acid groups (broad SMARTS) is 1. The van der Waals surface area contributed by atoms with Crippen LogP contribution in [0.3, 0.4) is 0 Å². The summed E-state index contributed by atoms with van der Waals surface area (Å²) in [5.74, 6) is 0.349. The number of hydrogen-bond donors (Lipinski definition) is 1. The zero-order valence-corrected chi connectivity index (χ0v) is 14.2. The molecule has 0 aliphatic carbocycles. The van der Waals surface area contributed by atoms with Crippen LogP contribution in [0.25, 0.3) is 11.0 Å². The minimum Gasteiger partial charge on any atom is -0.480 e. The van der Waals surface area contributed by atoms with Gasteiger partial charge in [0.1, 0.15) is 11.9 Å². The van der Waals surface area contributed by atoms with Gasteiger partial charge in [0.2, 0.25) is 0 Å². The Labute approximate surface area is 136 Å². The van der Waals surface area contributed by atoms with Crippen LogP contribution in [0.4, 0.5) is 0 Å². The number of hydrogen-bond acceptors (Lipinski definition) is 3. The largest absolute Gasteiger partial charge is 0.480 e. The van der Waals surface area contributed by atoms with Crippen LogP contribution in [0.15, 0.2) is 18.2 Å². The van der Waals surface area contributed by atoms with Gasteiger partial charge in [-0.25, -0.2) is 9.78 Å². The number of rotatable bonds is 7. The maximum atomic E-state index is 11.9. The standard InChI is InChI=1S/C18H24N2O3/c1-5-14(18(22)23)20-15-8-7-12(16(21)6-2)10-13(15)19-17(20)9-11(3)4/h7-8,10-11,14H,5-6,9H2,1-4H3,(H,22,23). The molecule has 124 valence electrons. The number of benzene rings is 1. The second-order valence-electron chi connectivity index (χ2n) is 6.24. The van der Waals surface area contributed by atoms with Crippen LogP contribution < -0.4 is 0 Å². The predicted octanol–water partition coefficient (Wildman–Crippen LogP) is 3.86. The first-order valence-corrected chi connectivity index (χ1v) is 8.15. The third-order valence-electron chi connectivity index (χ3n) is 3.98. The Morgan fingerprint density at radius 2 is 1.96 bits per heavy atom. The average Bonchev–Trinajstić information content (AvgIpc) is 2.83. The van der Waals surface area contributed by atoms with Crippen molar-refractivity contribution in [3.05, 3.63) is 29.6 Å². The molecule has 23 heavy (non-hydrogen) atoms. The number of fused-ring (bicyclic) bond motifs is 1. The minimum absolute atomic E-state index is 0.0668. The Morgan fingerprint density at radius 1 is 1.26 bits per heavy atom. The lowest BCUT2D eigenvalue weighted by Gasteiger charge is -2.17. The summed E-state index contributed by atoms with van der Waals surface area (Å²) >= 11 is 0. The molecule has 1 heterocycles. The van der Waals surface area contributed by atoms with Crippen molar-refractivity contribution in [1.29, 1.82) is 0 Å². The van der Waals surface area contributed by atoms with Crippen molar-refractivity contribution in [2.45, 2.75) is 53.0 Å². The van der Waals surface area contributed by atoms with Crippen LogP contribution in [0.1, 0.15) is 62.8 Å². The summed E-state index contributed by atoms with van der Waals surface area (Å²) in [7, 11) is 0. The molecule has 0 fully saturated rings. The van der Waals surface area contributed by atoms with Crippen LogP contribution in [0, 0.1) is 5.92 Å². The van der Waals surface area contributed by atoms with E-state index in [0.29, 0.717) is 36.3 Å². The maximum absolute atomic E-state index is 11.9. The summed E-state index contributed by atoms with van der Waals surface area (Å²) in [4.78, 5) is 28.2. The number of aromatic nitrogens is 2. The summed E-state index contributed by atoms with van der Waals surface area (Å²) in [6.07, 6.45) is 1.63. The fourth-order valence-corrected chi connectivity index (χ4v) is 2.85. The number of carboxylic acids is 1. The van der Waals surface area contributed by atoms with E-state index in [2.05, 4.69) is 18.8 Å². The highest BCUT2D eigenvalue weighted by Crippen LogP contribution is 2.26. The Kier molecular flexibility index (Phi) is 5.19. The van der Waals surface area contributed by atoms with E-state index in [9.17, 15) is 14.7 Å². The average molecular weight is 316 g/mol. The molecule has 5 heteroatoms. The molecule has 0 saturated heterocycles. The number of carbonyl (C=O) groups is 2. The van der Waals surface area contributed by atoms with Crippen molar-refractivity contribution in [3.8, 4) is 0 Å². The van der Waals surface area contributed by atoms with Gasteiger partial charge in [-0.2, -0.15) is 0 Å². The molecule has 0 amide bonds. The molecule has 0 spiro atoms. The number of imidazole rings is 1. The normalized spacial score (nSPS) is 12.7. The van der Waals surface area contributed by atoms with E-state index in [1.54, 1.807) is 12.1 Å². The molecule has 0 radical (unpaired) electrons. The lowest BCUT2D eigenvalue weighted by atomic mass is 10.1. The molecule has 0 bridgehead atoms. The van der Waals surface area contributed by atoms with Crippen LogP contribution >= 0.6 is 0 Å².